The van der Waals surface area contributed by atoms with Gasteiger partial charge in [0.2, 0.25) is 0 Å². The molecule has 0 radical (unpaired) electrons. The number of rotatable bonds is 5. The SMILES string of the molecule is CCOc1c(CCCl)cc(Cl)c(F)c1C1CN(C(=O)O)C1. The Balaban J connectivity index is 2.40. The molecule has 1 aromatic rings. The van der Waals surface area contributed by atoms with Crippen LogP contribution < -0.4 is 4.74 Å². The lowest BCUT2D eigenvalue weighted by molar-refractivity contribution is 0.103. The fourth-order valence-corrected chi connectivity index (χ4v) is 2.90. The van der Waals surface area contributed by atoms with Gasteiger partial charge in [0.05, 0.1) is 11.6 Å². The molecule has 2 rings (SSSR count). The smallest absolute Gasteiger partial charge is 0.407 e. The minimum Gasteiger partial charge on any atom is -0.493 e. The number of halogens is 3. The van der Waals surface area contributed by atoms with Gasteiger partial charge in [0.1, 0.15) is 11.6 Å². The maximum atomic E-state index is 14.4. The van der Waals surface area contributed by atoms with Gasteiger partial charge in [-0.15, -0.1) is 11.6 Å². The van der Waals surface area contributed by atoms with Crippen LogP contribution in [0.15, 0.2) is 6.07 Å². The minimum absolute atomic E-state index is 0.0161. The van der Waals surface area contributed by atoms with E-state index >= 15 is 0 Å². The van der Waals surface area contributed by atoms with Crippen molar-refractivity contribution in [1.29, 1.82) is 0 Å². The molecule has 0 aliphatic carbocycles. The van der Waals surface area contributed by atoms with Gasteiger partial charge in [-0.3, -0.25) is 0 Å². The lowest BCUT2D eigenvalue weighted by atomic mass is 9.88. The molecular weight excluding hydrogens is 320 g/mol. The second-order valence-corrected chi connectivity index (χ2v) is 5.62. The summed E-state index contributed by atoms with van der Waals surface area (Å²) in [7, 11) is 0. The van der Waals surface area contributed by atoms with Gasteiger partial charge in [-0.05, 0) is 25.0 Å². The van der Waals surface area contributed by atoms with Gasteiger partial charge in [-0.2, -0.15) is 0 Å². The molecule has 1 aromatic carbocycles. The van der Waals surface area contributed by atoms with Gasteiger partial charge in [-0.1, -0.05) is 11.6 Å². The molecule has 0 spiro atoms. The average molecular weight is 336 g/mol. The Morgan fingerprint density at radius 1 is 1.57 bits per heavy atom. The first kappa shape index (κ1) is 16.2. The predicted octanol–water partition coefficient (Wildman–Crippen LogP) is 3.74. The summed E-state index contributed by atoms with van der Waals surface area (Å²) in [6.07, 6.45) is -0.494. The average Bonchev–Trinajstić information content (AvgIpc) is 2.37. The lowest BCUT2D eigenvalue weighted by Gasteiger charge is -2.38. The zero-order chi connectivity index (χ0) is 15.6. The summed E-state index contributed by atoms with van der Waals surface area (Å²) in [5.41, 5.74) is 1.11. The van der Waals surface area contributed by atoms with E-state index in [-0.39, 0.29) is 24.0 Å². The molecule has 1 heterocycles. The molecular formula is C14H16Cl2FNO3. The number of nitrogens with zero attached hydrogens (tertiary/aromatic N) is 1. The summed E-state index contributed by atoms with van der Waals surface area (Å²) >= 11 is 11.7. The Labute approximate surface area is 132 Å². The van der Waals surface area contributed by atoms with E-state index in [0.717, 1.165) is 5.56 Å². The third-order valence-electron chi connectivity index (χ3n) is 3.50. The maximum absolute atomic E-state index is 14.4. The van der Waals surface area contributed by atoms with Gasteiger partial charge < -0.3 is 14.7 Å². The quantitative estimate of drug-likeness (QED) is 0.834. The Bertz CT molecular complexity index is 548. The van der Waals surface area contributed by atoms with Gasteiger partial charge in [0, 0.05) is 30.5 Å². The fourth-order valence-electron chi connectivity index (χ4n) is 2.47. The highest BCUT2D eigenvalue weighted by Gasteiger charge is 2.36. The summed E-state index contributed by atoms with van der Waals surface area (Å²) in [5, 5.41) is 8.91. The first-order chi connectivity index (χ1) is 9.99. The minimum atomic E-state index is -1.01. The second kappa shape index (κ2) is 6.71. The third kappa shape index (κ3) is 3.19. The van der Waals surface area contributed by atoms with E-state index in [9.17, 15) is 9.18 Å². The Morgan fingerprint density at radius 2 is 2.24 bits per heavy atom. The van der Waals surface area contributed by atoms with Crippen molar-refractivity contribution in [1.82, 2.24) is 4.90 Å². The largest absolute Gasteiger partial charge is 0.493 e. The number of ether oxygens (including phenoxy) is 1. The topological polar surface area (TPSA) is 49.8 Å². The number of likely N-dealkylation sites (tertiary alicyclic amines) is 1. The first-order valence-corrected chi connectivity index (χ1v) is 7.58. The number of carbonyl (C=O) groups is 1. The number of hydrogen-bond acceptors (Lipinski definition) is 2. The molecule has 0 unspecified atom stereocenters. The van der Waals surface area contributed by atoms with Crippen LogP contribution >= 0.6 is 23.2 Å². The van der Waals surface area contributed by atoms with Crippen molar-refractivity contribution < 1.29 is 19.0 Å². The molecule has 1 N–H and O–H groups in total. The number of carboxylic acid groups (broad SMARTS) is 1. The molecule has 0 saturated carbocycles. The van der Waals surface area contributed by atoms with E-state index in [0.29, 0.717) is 30.2 Å². The summed E-state index contributed by atoms with van der Waals surface area (Å²) in [5.74, 6) is 0.0481. The van der Waals surface area contributed by atoms with Crippen LogP contribution in [0.5, 0.6) is 5.75 Å². The number of hydrogen-bond donors (Lipinski definition) is 1. The van der Waals surface area contributed by atoms with Crippen molar-refractivity contribution in [3.63, 3.8) is 0 Å². The fraction of sp³-hybridized carbons (Fsp3) is 0.500. The maximum Gasteiger partial charge on any atom is 0.407 e. The molecule has 1 aliphatic rings. The number of alkyl halides is 1. The van der Waals surface area contributed by atoms with Gasteiger partial charge in [0.25, 0.3) is 0 Å². The summed E-state index contributed by atoms with van der Waals surface area (Å²) in [4.78, 5) is 12.1. The van der Waals surface area contributed by atoms with Crippen molar-refractivity contribution in [3.05, 3.63) is 28.0 Å². The third-order valence-corrected chi connectivity index (χ3v) is 3.96. The summed E-state index contributed by atoms with van der Waals surface area (Å²) in [6, 6.07) is 1.53. The molecule has 0 atom stereocenters. The van der Waals surface area contributed by atoms with Crippen LogP contribution in [0.4, 0.5) is 9.18 Å². The van der Waals surface area contributed by atoms with Crippen molar-refractivity contribution in [2.24, 2.45) is 0 Å². The first-order valence-electron chi connectivity index (χ1n) is 6.67. The van der Waals surface area contributed by atoms with E-state index in [2.05, 4.69) is 0 Å². The van der Waals surface area contributed by atoms with E-state index < -0.39 is 11.9 Å². The van der Waals surface area contributed by atoms with Crippen LogP contribution in [0.1, 0.15) is 24.0 Å². The standard InChI is InChI=1S/C14H16Cl2FNO3/c1-2-21-13-8(3-4-15)5-10(16)12(17)11(13)9-6-18(7-9)14(19)20/h5,9H,2-4,6-7H2,1H3,(H,19,20). The molecule has 1 saturated heterocycles. The predicted molar refractivity (Wildman–Crippen MR) is 79.3 cm³/mol. The van der Waals surface area contributed by atoms with Crippen molar-refractivity contribution >= 4 is 29.3 Å². The molecule has 7 heteroatoms. The Morgan fingerprint density at radius 3 is 2.76 bits per heavy atom. The number of amides is 1. The molecule has 116 valence electrons. The normalized spacial score (nSPS) is 15.0. The van der Waals surface area contributed by atoms with Crippen LogP contribution in [-0.2, 0) is 6.42 Å². The zero-order valence-corrected chi connectivity index (χ0v) is 13.0. The number of aryl methyl sites for hydroxylation is 1. The van der Waals surface area contributed by atoms with Crippen LogP contribution in [0.3, 0.4) is 0 Å². The summed E-state index contributed by atoms with van der Waals surface area (Å²) in [6.45, 7) is 2.68. The van der Waals surface area contributed by atoms with Gasteiger partial charge >= 0.3 is 6.09 Å². The van der Waals surface area contributed by atoms with Crippen molar-refractivity contribution in [2.75, 3.05) is 25.6 Å². The van der Waals surface area contributed by atoms with Crippen LogP contribution in [-0.4, -0.2) is 41.7 Å². The number of benzene rings is 1. The van der Waals surface area contributed by atoms with Crippen LogP contribution in [0, 0.1) is 5.82 Å². The van der Waals surface area contributed by atoms with E-state index in [1.165, 1.54) is 11.0 Å². The lowest BCUT2D eigenvalue weighted by Crippen LogP contribution is -2.48. The highest BCUT2D eigenvalue weighted by molar-refractivity contribution is 6.31. The van der Waals surface area contributed by atoms with Crippen LogP contribution in [0.2, 0.25) is 5.02 Å². The molecule has 1 amide bonds. The van der Waals surface area contributed by atoms with E-state index in [4.69, 9.17) is 33.0 Å². The van der Waals surface area contributed by atoms with Gasteiger partial charge in [0.15, 0.2) is 0 Å². The molecule has 21 heavy (non-hydrogen) atoms. The Kier molecular flexibility index (Phi) is 5.17. The van der Waals surface area contributed by atoms with Crippen molar-refractivity contribution in [3.8, 4) is 5.75 Å². The molecule has 1 aliphatic heterocycles. The monoisotopic (exact) mass is 335 g/mol. The highest BCUT2D eigenvalue weighted by atomic mass is 35.5. The second-order valence-electron chi connectivity index (χ2n) is 4.83. The molecule has 4 nitrogen and oxygen atoms in total. The Hall–Kier alpha value is -1.20. The highest BCUT2D eigenvalue weighted by Crippen LogP contribution is 2.41. The van der Waals surface area contributed by atoms with Crippen LogP contribution in [0.25, 0.3) is 0 Å². The molecule has 0 aromatic heterocycles. The summed E-state index contributed by atoms with van der Waals surface area (Å²) < 4.78 is 20.0. The van der Waals surface area contributed by atoms with Crippen molar-refractivity contribution in [2.45, 2.75) is 19.3 Å². The van der Waals surface area contributed by atoms with Gasteiger partial charge in [-0.25, -0.2) is 9.18 Å². The van der Waals surface area contributed by atoms with E-state index in [1.807, 2.05) is 6.92 Å². The zero-order valence-electron chi connectivity index (χ0n) is 11.5. The molecule has 1 fully saturated rings. The van der Waals surface area contributed by atoms with E-state index in [1.54, 1.807) is 0 Å². The molecule has 0 bridgehead atoms.